The quantitative estimate of drug-likeness (QED) is 0.226. The minimum atomic E-state index is -3.11. The highest BCUT2D eigenvalue weighted by molar-refractivity contribution is 14.0. The fraction of sp³-hybridized carbons (Fsp3) is 0.650. The minimum Gasteiger partial charge on any atom is -0.357 e. The lowest BCUT2D eigenvalue weighted by Crippen LogP contribution is -2.52. The Balaban J connectivity index is 0.00000420. The molecule has 1 aliphatic heterocycles. The topological polar surface area (TPSA) is 68.2 Å². The number of sulfonamides is 1. The summed E-state index contributed by atoms with van der Waals surface area (Å²) in [4.78, 5) is 9.49. The van der Waals surface area contributed by atoms with Crippen LogP contribution in [0.3, 0.4) is 0 Å². The molecule has 9 heteroatoms. The van der Waals surface area contributed by atoms with Crippen molar-refractivity contribution < 1.29 is 8.42 Å². The summed E-state index contributed by atoms with van der Waals surface area (Å²) in [7, 11) is -1.47. The molecule has 0 amide bonds. The molecule has 0 spiro atoms. The summed E-state index contributed by atoms with van der Waals surface area (Å²) in [6, 6.07) is 10.6. The molecule has 0 atom stereocenters. The maximum absolute atomic E-state index is 11.8. The van der Waals surface area contributed by atoms with Gasteiger partial charge in [-0.2, -0.15) is 0 Å². The Morgan fingerprint density at radius 2 is 1.79 bits per heavy atom. The molecule has 0 unspecified atom stereocenters. The summed E-state index contributed by atoms with van der Waals surface area (Å²) >= 11 is 0. The van der Waals surface area contributed by atoms with E-state index in [2.05, 4.69) is 52.4 Å². The molecule has 1 fully saturated rings. The Kier molecular flexibility index (Phi) is 12.1. The highest BCUT2D eigenvalue weighted by Gasteiger charge is 2.19. The highest BCUT2D eigenvalue weighted by Crippen LogP contribution is 2.09. The number of benzene rings is 1. The second-order valence-corrected chi connectivity index (χ2v) is 9.42. The van der Waals surface area contributed by atoms with E-state index < -0.39 is 10.0 Å². The van der Waals surface area contributed by atoms with Crippen LogP contribution < -0.4 is 5.32 Å². The van der Waals surface area contributed by atoms with Crippen LogP contribution in [0.15, 0.2) is 35.3 Å². The van der Waals surface area contributed by atoms with Gasteiger partial charge in [-0.25, -0.2) is 12.7 Å². The molecule has 1 aliphatic rings. The van der Waals surface area contributed by atoms with Crippen molar-refractivity contribution in [3.63, 3.8) is 0 Å². The van der Waals surface area contributed by atoms with Crippen LogP contribution in [-0.4, -0.2) is 87.1 Å². The van der Waals surface area contributed by atoms with Crippen LogP contribution in [0.5, 0.6) is 0 Å². The van der Waals surface area contributed by atoms with Crippen LogP contribution in [0.2, 0.25) is 0 Å². The minimum absolute atomic E-state index is 0. The van der Waals surface area contributed by atoms with Crippen LogP contribution in [-0.2, 0) is 16.6 Å². The number of nitrogens with zero attached hydrogens (tertiary/aromatic N) is 4. The van der Waals surface area contributed by atoms with E-state index in [-0.39, 0.29) is 29.7 Å². The van der Waals surface area contributed by atoms with Crippen LogP contribution in [0.4, 0.5) is 0 Å². The van der Waals surface area contributed by atoms with Crippen molar-refractivity contribution in [2.75, 3.05) is 58.6 Å². The second-order valence-electron chi connectivity index (χ2n) is 7.06. The molecule has 29 heavy (non-hydrogen) atoms. The predicted octanol–water partition coefficient (Wildman–Crippen LogP) is 2.06. The van der Waals surface area contributed by atoms with Crippen molar-refractivity contribution >= 4 is 40.0 Å². The number of halogens is 1. The lowest BCUT2D eigenvalue weighted by molar-refractivity contribution is 0.172. The molecule has 7 nitrogen and oxygen atoms in total. The summed E-state index contributed by atoms with van der Waals surface area (Å²) in [6.45, 7) is 10.6. The molecule has 1 N–H and O–H groups in total. The molecule has 0 bridgehead atoms. The Morgan fingerprint density at radius 1 is 1.14 bits per heavy atom. The van der Waals surface area contributed by atoms with Gasteiger partial charge in [0.2, 0.25) is 10.0 Å². The number of hydrogen-bond acceptors (Lipinski definition) is 4. The van der Waals surface area contributed by atoms with E-state index in [9.17, 15) is 8.42 Å². The number of aliphatic imine (C=N–C) groups is 1. The highest BCUT2D eigenvalue weighted by atomic mass is 127. The van der Waals surface area contributed by atoms with Crippen molar-refractivity contribution in [2.45, 2.75) is 26.8 Å². The number of hydrogen-bond donors (Lipinski definition) is 1. The van der Waals surface area contributed by atoms with Gasteiger partial charge in [-0.05, 0) is 25.8 Å². The van der Waals surface area contributed by atoms with Gasteiger partial charge < -0.3 is 10.2 Å². The van der Waals surface area contributed by atoms with Gasteiger partial charge in [-0.3, -0.25) is 9.89 Å². The van der Waals surface area contributed by atoms with Gasteiger partial charge in [0.15, 0.2) is 5.96 Å². The first-order valence-corrected chi connectivity index (χ1v) is 11.8. The number of guanidine groups is 1. The molecule has 0 saturated carbocycles. The summed E-state index contributed by atoms with van der Waals surface area (Å²) in [6.07, 6.45) is 0.721. The molecular formula is C20H36IN5O2S. The lowest BCUT2D eigenvalue weighted by Gasteiger charge is -2.36. The third-order valence-corrected chi connectivity index (χ3v) is 6.85. The second kappa shape index (κ2) is 13.4. The zero-order chi connectivity index (χ0) is 20.4. The average molecular weight is 538 g/mol. The largest absolute Gasteiger partial charge is 0.357 e. The standard InChI is InChI=1S/C20H35N5O2S.HI/c1-4-21-20(22-12-9-13-23(3)28(26,27)5-2)25-16-14-24(15-17-25)18-19-10-7-6-8-11-19;/h6-8,10-11H,4-5,9,12-18H2,1-3H3,(H,21,22);1H. The molecule has 1 aromatic rings. The predicted molar refractivity (Wildman–Crippen MR) is 131 cm³/mol. The number of rotatable bonds is 9. The fourth-order valence-corrected chi connectivity index (χ4v) is 4.07. The fourth-order valence-electron chi connectivity index (χ4n) is 3.22. The maximum atomic E-state index is 11.8. The van der Waals surface area contributed by atoms with Crippen LogP contribution in [0.25, 0.3) is 0 Å². The normalized spacial score (nSPS) is 16.0. The van der Waals surface area contributed by atoms with E-state index in [1.54, 1.807) is 14.0 Å². The number of piperazine rings is 1. The van der Waals surface area contributed by atoms with Gasteiger partial charge in [-0.15, -0.1) is 24.0 Å². The van der Waals surface area contributed by atoms with Crippen LogP contribution in [0.1, 0.15) is 25.8 Å². The van der Waals surface area contributed by atoms with Gasteiger partial charge in [0.25, 0.3) is 0 Å². The zero-order valence-electron chi connectivity index (χ0n) is 17.9. The third kappa shape index (κ3) is 8.77. The number of nitrogens with one attached hydrogen (secondary N) is 1. The van der Waals surface area contributed by atoms with E-state index in [1.807, 2.05) is 0 Å². The summed E-state index contributed by atoms with van der Waals surface area (Å²) in [5.74, 6) is 1.07. The summed E-state index contributed by atoms with van der Waals surface area (Å²) < 4.78 is 25.0. The van der Waals surface area contributed by atoms with Crippen molar-refractivity contribution in [1.29, 1.82) is 0 Å². The average Bonchev–Trinajstić information content (AvgIpc) is 2.71. The first kappa shape index (κ1) is 26.1. The van der Waals surface area contributed by atoms with Crippen molar-refractivity contribution in [3.8, 4) is 0 Å². The SMILES string of the molecule is CCNC(=NCCCN(C)S(=O)(=O)CC)N1CCN(Cc2ccccc2)CC1.I. The van der Waals surface area contributed by atoms with E-state index >= 15 is 0 Å². The molecular weight excluding hydrogens is 501 g/mol. The Labute approximate surface area is 193 Å². The monoisotopic (exact) mass is 537 g/mol. The molecule has 0 aromatic heterocycles. The maximum Gasteiger partial charge on any atom is 0.213 e. The zero-order valence-corrected chi connectivity index (χ0v) is 21.0. The van der Waals surface area contributed by atoms with Gasteiger partial charge in [0, 0.05) is 59.4 Å². The molecule has 1 heterocycles. The van der Waals surface area contributed by atoms with Crippen LogP contribution >= 0.6 is 24.0 Å². The lowest BCUT2D eigenvalue weighted by atomic mass is 10.2. The van der Waals surface area contributed by atoms with Crippen molar-refractivity contribution in [2.24, 2.45) is 4.99 Å². The van der Waals surface area contributed by atoms with Gasteiger partial charge in [0.1, 0.15) is 0 Å². The Hall–Kier alpha value is -0.910. The molecule has 1 saturated heterocycles. The van der Waals surface area contributed by atoms with Gasteiger partial charge in [0.05, 0.1) is 5.75 Å². The van der Waals surface area contributed by atoms with E-state index in [4.69, 9.17) is 4.99 Å². The first-order chi connectivity index (χ1) is 13.5. The van der Waals surface area contributed by atoms with Crippen molar-refractivity contribution in [3.05, 3.63) is 35.9 Å². The summed E-state index contributed by atoms with van der Waals surface area (Å²) in [5.41, 5.74) is 1.35. The van der Waals surface area contributed by atoms with E-state index in [0.717, 1.165) is 51.6 Å². The van der Waals surface area contributed by atoms with Gasteiger partial charge >= 0.3 is 0 Å². The van der Waals surface area contributed by atoms with Gasteiger partial charge in [-0.1, -0.05) is 30.3 Å². The van der Waals surface area contributed by atoms with E-state index in [0.29, 0.717) is 13.1 Å². The molecule has 1 aromatic carbocycles. The Morgan fingerprint density at radius 3 is 2.38 bits per heavy atom. The summed E-state index contributed by atoms with van der Waals surface area (Å²) in [5, 5.41) is 3.37. The van der Waals surface area contributed by atoms with Crippen molar-refractivity contribution in [1.82, 2.24) is 19.4 Å². The van der Waals surface area contributed by atoms with E-state index in [1.165, 1.54) is 9.87 Å². The Bertz CT molecular complexity index is 707. The molecule has 0 aliphatic carbocycles. The van der Waals surface area contributed by atoms with Crippen LogP contribution in [0, 0.1) is 0 Å². The smallest absolute Gasteiger partial charge is 0.213 e. The molecule has 166 valence electrons. The molecule has 2 rings (SSSR count). The first-order valence-electron chi connectivity index (χ1n) is 10.2. The third-order valence-electron chi connectivity index (χ3n) is 4.99. The molecule has 0 radical (unpaired) electrons.